The summed E-state index contributed by atoms with van der Waals surface area (Å²) in [6, 6.07) is -0.0436. The predicted octanol–water partition coefficient (Wildman–Crippen LogP) is 1.45. The molecule has 0 radical (unpaired) electrons. The zero-order chi connectivity index (χ0) is 9.23. The Labute approximate surface area is 78.7 Å². The molecule has 2 amide bonds. The van der Waals surface area contributed by atoms with Gasteiger partial charge in [-0.25, -0.2) is 4.79 Å². The van der Waals surface area contributed by atoms with Gasteiger partial charge >= 0.3 is 6.03 Å². The highest BCUT2D eigenvalue weighted by molar-refractivity contribution is 7.98. The first-order chi connectivity index (χ1) is 5.81. The van der Waals surface area contributed by atoms with Crippen LogP contribution >= 0.6 is 11.8 Å². The molecule has 12 heavy (non-hydrogen) atoms. The molecule has 4 heteroatoms. The van der Waals surface area contributed by atoms with E-state index < -0.39 is 0 Å². The van der Waals surface area contributed by atoms with E-state index in [9.17, 15) is 4.79 Å². The molecule has 0 aromatic heterocycles. The Morgan fingerprint density at radius 1 is 1.33 bits per heavy atom. The van der Waals surface area contributed by atoms with Crippen LogP contribution in [-0.2, 0) is 0 Å². The molecule has 0 fully saturated rings. The van der Waals surface area contributed by atoms with Crippen molar-refractivity contribution in [1.82, 2.24) is 10.6 Å². The summed E-state index contributed by atoms with van der Waals surface area (Å²) in [7, 11) is 0. The second kappa shape index (κ2) is 8.71. The average Bonchev–Trinajstić information content (AvgIpc) is 2.09. The van der Waals surface area contributed by atoms with E-state index in [4.69, 9.17) is 0 Å². The highest BCUT2D eigenvalue weighted by Gasteiger charge is 1.95. The van der Waals surface area contributed by atoms with E-state index in [2.05, 4.69) is 16.9 Å². The van der Waals surface area contributed by atoms with E-state index in [1.165, 1.54) is 0 Å². The third-order valence-electron chi connectivity index (χ3n) is 1.35. The smallest absolute Gasteiger partial charge is 0.314 e. The number of nitrogens with one attached hydrogen (secondary N) is 2. The van der Waals surface area contributed by atoms with Crippen LogP contribution in [0.2, 0.25) is 0 Å². The van der Waals surface area contributed by atoms with E-state index in [1.807, 2.05) is 6.92 Å². The summed E-state index contributed by atoms with van der Waals surface area (Å²) < 4.78 is 0. The van der Waals surface area contributed by atoms with Crippen LogP contribution in [0.1, 0.15) is 19.8 Å². The van der Waals surface area contributed by atoms with Gasteiger partial charge in [-0.3, -0.25) is 0 Å². The standard InChI is InChI=1S/C8H18N2OS/c1-3-5-9-8(11)10-6-4-7-12-2/h3-7H2,1-2H3,(H2,9,10,11). The summed E-state index contributed by atoms with van der Waals surface area (Å²) >= 11 is 1.80. The third kappa shape index (κ3) is 7.72. The number of hydrogen-bond acceptors (Lipinski definition) is 2. The SMILES string of the molecule is CCCNC(=O)NCCCSC. The first-order valence-electron chi connectivity index (χ1n) is 4.32. The van der Waals surface area contributed by atoms with Crippen LogP contribution in [0.5, 0.6) is 0 Å². The van der Waals surface area contributed by atoms with Crippen LogP contribution in [0.25, 0.3) is 0 Å². The number of carbonyl (C=O) groups is 1. The Bertz CT molecular complexity index is 120. The van der Waals surface area contributed by atoms with E-state index in [1.54, 1.807) is 11.8 Å². The first kappa shape index (κ1) is 11.6. The van der Waals surface area contributed by atoms with Gasteiger partial charge in [0.2, 0.25) is 0 Å². The Morgan fingerprint density at radius 2 is 2.00 bits per heavy atom. The maximum atomic E-state index is 10.9. The van der Waals surface area contributed by atoms with E-state index in [-0.39, 0.29) is 6.03 Å². The van der Waals surface area contributed by atoms with E-state index >= 15 is 0 Å². The van der Waals surface area contributed by atoms with Crippen molar-refractivity contribution in [3.63, 3.8) is 0 Å². The molecule has 0 aliphatic carbocycles. The van der Waals surface area contributed by atoms with Gasteiger partial charge in [0.25, 0.3) is 0 Å². The van der Waals surface area contributed by atoms with Crippen molar-refractivity contribution in [1.29, 1.82) is 0 Å². The number of rotatable bonds is 6. The molecular formula is C8H18N2OS. The summed E-state index contributed by atoms with van der Waals surface area (Å²) in [5, 5.41) is 5.54. The Kier molecular flexibility index (Phi) is 8.44. The van der Waals surface area contributed by atoms with Crippen LogP contribution < -0.4 is 10.6 Å². The zero-order valence-corrected chi connectivity index (χ0v) is 8.67. The molecule has 0 aliphatic rings. The summed E-state index contributed by atoms with van der Waals surface area (Å²) in [5.41, 5.74) is 0. The zero-order valence-electron chi connectivity index (χ0n) is 7.85. The Balaban J connectivity index is 3.08. The molecule has 0 aromatic carbocycles. The van der Waals surface area contributed by atoms with Gasteiger partial charge in [0.1, 0.15) is 0 Å². The van der Waals surface area contributed by atoms with E-state index in [0.29, 0.717) is 0 Å². The second-order valence-electron chi connectivity index (χ2n) is 2.53. The van der Waals surface area contributed by atoms with Crippen molar-refractivity contribution < 1.29 is 4.79 Å². The minimum Gasteiger partial charge on any atom is -0.338 e. The number of amides is 2. The Morgan fingerprint density at radius 3 is 2.58 bits per heavy atom. The largest absolute Gasteiger partial charge is 0.338 e. The van der Waals surface area contributed by atoms with Crippen molar-refractivity contribution in [2.24, 2.45) is 0 Å². The number of carbonyl (C=O) groups excluding carboxylic acids is 1. The van der Waals surface area contributed by atoms with Gasteiger partial charge in [-0.2, -0.15) is 11.8 Å². The van der Waals surface area contributed by atoms with Crippen LogP contribution in [0.4, 0.5) is 4.79 Å². The highest BCUT2D eigenvalue weighted by Crippen LogP contribution is 1.92. The summed E-state index contributed by atoms with van der Waals surface area (Å²) in [5.74, 6) is 1.11. The first-order valence-corrected chi connectivity index (χ1v) is 5.71. The lowest BCUT2D eigenvalue weighted by molar-refractivity contribution is 0.241. The number of thioether (sulfide) groups is 1. The molecule has 2 N–H and O–H groups in total. The van der Waals surface area contributed by atoms with Crippen LogP contribution in [0, 0.1) is 0 Å². The minimum absolute atomic E-state index is 0.0436. The number of urea groups is 1. The summed E-state index contributed by atoms with van der Waals surface area (Å²) in [6.07, 6.45) is 4.09. The maximum Gasteiger partial charge on any atom is 0.314 e. The van der Waals surface area contributed by atoms with Gasteiger partial charge in [-0.1, -0.05) is 6.92 Å². The minimum atomic E-state index is -0.0436. The molecule has 0 atom stereocenters. The van der Waals surface area contributed by atoms with Crippen molar-refractivity contribution in [3.8, 4) is 0 Å². The average molecular weight is 190 g/mol. The number of hydrogen-bond donors (Lipinski definition) is 2. The molecule has 72 valence electrons. The fraction of sp³-hybridized carbons (Fsp3) is 0.875. The monoisotopic (exact) mass is 190 g/mol. The fourth-order valence-electron chi connectivity index (χ4n) is 0.719. The molecule has 0 aromatic rings. The molecule has 0 saturated carbocycles. The quantitative estimate of drug-likeness (QED) is 0.622. The summed E-state index contributed by atoms with van der Waals surface area (Å²) in [4.78, 5) is 10.9. The molecule has 0 spiro atoms. The van der Waals surface area contributed by atoms with Gasteiger partial charge in [0.15, 0.2) is 0 Å². The van der Waals surface area contributed by atoms with Crippen LogP contribution in [0.3, 0.4) is 0 Å². The molecule has 0 unspecified atom stereocenters. The van der Waals surface area contributed by atoms with Gasteiger partial charge < -0.3 is 10.6 Å². The Hall–Kier alpha value is -0.380. The molecule has 0 bridgehead atoms. The highest BCUT2D eigenvalue weighted by atomic mass is 32.2. The van der Waals surface area contributed by atoms with Gasteiger partial charge in [-0.05, 0) is 24.9 Å². The lowest BCUT2D eigenvalue weighted by Gasteiger charge is -2.05. The third-order valence-corrected chi connectivity index (χ3v) is 2.04. The maximum absolute atomic E-state index is 10.9. The molecule has 0 aliphatic heterocycles. The fourth-order valence-corrected chi connectivity index (χ4v) is 1.15. The van der Waals surface area contributed by atoms with Crippen molar-refractivity contribution >= 4 is 17.8 Å². The molecular weight excluding hydrogens is 172 g/mol. The van der Waals surface area contributed by atoms with E-state index in [0.717, 1.165) is 31.7 Å². The van der Waals surface area contributed by atoms with Gasteiger partial charge in [-0.15, -0.1) is 0 Å². The topological polar surface area (TPSA) is 41.1 Å². The summed E-state index contributed by atoms with van der Waals surface area (Å²) in [6.45, 7) is 3.57. The van der Waals surface area contributed by atoms with Gasteiger partial charge in [0, 0.05) is 13.1 Å². The molecule has 0 saturated heterocycles. The van der Waals surface area contributed by atoms with Crippen molar-refractivity contribution in [2.75, 3.05) is 25.1 Å². The predicted molar refractivity (Wildman–Crippen MR) is 54.7 cm³/mol. The lowest BCUT2D eigenvalue weighted by Crippen LogP contribution is -2.36. The lowest BCUT2D eigenvalue weighted by atomic mass is 10.5. The van der Waals surface area contributed by atoms with Crippen LogP contribution in [-0.4, -0.2) is 31.1 Å². The van der Waals surface area contributed by atoms with Crippen LogP contribution in [0.15, 0.2) is 0 Å². The molecule has 3 nitrogen and oxygen atoms in total. The van der Waals surface area contributed by atoms with Crippen molar-refractivity contribution in [3.05, 3.63) is 0 Å². The molecule has 0 rings (SSSR count). The molecule has 0 heterocycles. The second-order valence-corrected chi connectivity index (χ2v) is 3.51. The van der Waals surface area contributed by atoms with Crippen molar-refractivity contribution in [2.45, 2.75) is 19.8 Å². The van der Waals surface area contributed by atoms with Gasteiger partial charge in [0.05, 0.1) is 0 Å². The normalized spacial score (nSPS) is 9.50.